The Labute approximate surface area is 93.7 Å². The third kappa shape index (κ3) is 4.11. The minimum atomic E-state index is -0.963. The van der Waals surface area contributed by atoms with Crippen LogP contribution >= 0.6 is 0 Å². The van der Waals surface area contributed by atoms with Gasteiger partial charge in [-0.2, -0.15) is 5.26 Å². The maximum absolute atomic E-state index is 10.5. The summed E-state index contributed by atoms with van der Waals surface area (Å²) >= 11 is 0. The van der Waals surface area contributed by atoms with E-state index in [4.69, 9.17) is 10.4 Å². The van der Waals surface area contributed by atoms with Gasteiger partial charge in [-0.3, -0.25) is 0 Å². The number of aromatic carboxylic acids is 1. The Morgan fingerprint density at radius 3 is 2.64 bits per heavy atom. The van der Waals surface area contributed by atoms with E-state index in [-0.39, 0.29) is 36.3 Å². The molecule has 0 fully saturated rings. The van der Waals surface area contributed by atoms with Crippen LogP contribution in [-0.2, 0) is 6.42 Å². The molecule has 0 aliphatic carbocycles. The number of benzene rings is 1. The number of nitriles is 1. The average molecular weight is 185 g/mol. The van der Waals surface area contributed by atoms with Crippen LogP contribution in [0.4, 0.5) is 0 Å². The predicted octanol–water partition coefficient (Wildman–Crippen LogP) is -1.72. The Morgan fingerprint density at radius 2 is 2.14 bits per heavy atom. The van der Waals surface area contributed by atoms with Crippen LogP contribution in [0.5, 0.6) is 0 Å². The van der Waals surface area contributed by atoms with E-state index in [2.05, 4.69) is 0 Å². The van der Waals surface area contributed by atoms with Crippen molar-refractivity contribution in [3.8, 4) is 6.07 Å². The fraction of sp³-hybridized carbons (Fsp3) is 0.111. The van der Waals surface area contributed by atoms with E-state index in [1.807, 2.05) is 6.07 Å². The standard InChI is InChI=1S/C9H7NO2.Li.H2O/c10-5-4-7-2-1-3-8(6-7)9(11)12;;/h1-3,6H,4H2,(H,11,12);;1H2/q;+1;/p-1. The molecule has 0 aromatic heterocycles. The number of rotatable bonds is 2. The van der Waals surface area contributed by atoms with Crippen molar-refractivity contribution >= 4 is 5.97 Å². The molecule has 1 aromatic carbocycles. The Hall–Kier alpha value is -1.26. The SMILES string of the molecule is N#CCc1cccc(C(=O)O)c1.[Li+].[OH-]. The van der Waals surface area contributed by atoms with Crippen molar-refractivity contribution in [2.75, 3.05) is 0 Å². The van der Waals surface area contributed by atoms with E-state index >= 15 is 0 Å². The van der Waals surface area contributed by atoms with E-state index in [0.29, 0.717) is 0 Å². The van der Waals surface area contributed by atoms with Gasteiger partial charge < -0.3 is 10.6 Å². The molecule has 0 aliphatic rings. The Kier molecular flexibility index (Phi) is 7.80. The fourth-order valence-electron chi connectivity index (χ4n) is 0.906. The van der Waals surface area contributed by atoms with Crippen LogP contribution in [0.25, 0.3) is 0 Å². The van der Waals surface area contributed by atoms with Crippen molar-refractivity contribution in [2.45, 2.75) is 6.42 Å². The van der Waals surface area contributed by atoms with Gasteiger partial charge in [-0.1, -0.05) is 12.1 Å². The maximum Gasteiger partial charge on any atom is 1.00 e. The monoisotopic (exact) mass is 185 g/mol. The molecular weight excluding hydrogens is 177 g/mol. The second-order valence-corrected chi connectivity index (χ2v) is 2.34. The molecule has 0 radical (unpaired) electrons. The van der Waals surface area contributed by atoms with Gasteiger partial charge in [-0.05, 0) is 17.7 Å². The number of nitrogens with zero attached hydrogens (tertiary/aromatic N) is 1. The zero-order valence-corrected chi connectivity index (χ0v) is 7.77. The number of carbonyl (C=O) groups is 1. The summed E-state index contributed by atoms with van der Waals surface area (Å²) in [6, 6.07) is 8.33. The number of hydrogen-bond donors (Lipinski definition) is 1. The van der Waals surface area contributed by atoms with Gasteiger partial charge in [0.15, 0.2) is 0 Å². The molecule has 0 atom stereocenters. The molecule has 68 valence electrons. The van der Waals surface area contributed by atoms with Crippen molar-refractivity contribution in [2.24, 2.45) is 0 Å². The quantitative estimate of drug-likeness (QED) is 0.554. The molecule has 0 aliphatic heterocycles. The molecule has 5 heteroatoms. The normalized spacial score (nSPS) is 7.64. The van der Waals surface area contributed by atoms with E-state index < -0.39 is 5.97 Å². The molecule has 2 N–H and O–H groups in total. The third-order valence-corrected chi connectivity index (χ3v) is 1.46. The first-order valence-electron chi connectivity index (χ1n) is 3.43. The first-order chi connectivity index (χ1) is 5.74. The van der Waals surface area contributed by atoms with Crippen LogP contribution in [0.2, 0.25) is 0 Å². The zero-order valence-electron chi connectivity index (χ0n) is 7.77. The van der Waals surface area contributed by atoms with Crippen molar-refractivity contribution < 1.29 is 34.2 Å². The predicted molar refractivity (Wildman–Crippen MR) is 44.7 cm³/mol. The molecule has 0 amide bonds. The van der Waals surface area contributed by atoms with Crippen LogP contribution in [0.3, 0.4) is 0 Å². The summed E-state index contributed by atoms with van der Waals surface area (Å²) in [5.74, 6) is -0.963. The summed E-state index contributed by atoms with van der Waals surface area (Å²) in [6.45, 7) is 0. The second-order valence-electron chi connectivity index (χ2n) is 2.34. The molecule has 1 aromatic rings. The van der Waals surface area contributed by atoms with E-state index in [1.165, 1.54) is 12.1 Å². The molecule has 1 rings (SSSR count). The van der Waals surface area contributed by atoms with E-state index in [9.17, 15) is 4.79 Å². The van der Waals surface area contributed by atoms with Crippen molar-refractivity contribution in [3.05, 3.63) is 35.4 Å². The molecule has 0 spiro atoms. The summed E-state index contributed by atoms with van der Waals surface area (Å²) in [6.07, 6.45) is 0.251. The number of carboxylic acid groups (broad SMARTS) is 1. The van der Waals surface area contributed by atoms with Gasteiger partial charge >= 0.3 is 24.8 Å². The topological polar surface area (TPSA) is 91.1 Å². The first-order valence-corrected chi connectivity index (χ1v) is 3.43. The van der Waals surface area contributed by atoms with Crippen LogP contribution in [-0.4, -0.2) is 16.6 Å². The minimum Gasteiger partial charge on any atom is -0.870 e. The average Bonchev–Trinajstić information content (AvgIpc) is 2.05. The van der Waals surface area contributed by atoms with Crippen LogP contribution < -0.4 is 18.9 Å². The molecule has 0 saturated carbocycles. The largest absolute Gasteiger partial charge is 1.00 e. The summed E-state index contributed by atoms with van der Waals surface area (Å²) in [4.78, 5) is 10.5. The summed E-state index contributed by atoms with van der Waals surface area (Å²) in [5, 5.41) is 16.9. The molecule has 0 bridgehead atoms. The minimum absolute atomic E-state index is 0. The Morgan fingerprint density at radius 1 is 1.50 bits per heavy atom. The zero-order chi connectivity index (χ0) is 8.97. The molecule has 0 saturated heterocycles. The van der Waals surface area contributed by atoms with Crippen molar-refractivity contribution in [3.63, 3.8) is 0 Å². The van der Waals surface area contributed by atoms with E-state index in [1.54, 1.807) is 12.1 Å². The Bertz CT molecular complexity index is 346. The maximum atomic E-state index is 10.5. The van der Waals surface area contributed by atoms with Gasteiger partial charge in [0.1, 0.15) is 0 Å². The third-order valence-electron chi connectivity index (χ3n) is 1.46. The summed E-state index contributed by atoms with van der Waals surface area (Å²) < 4.78 is 0. The van der Waals surface area contributed by atoms with Crippen molar-refractivity contribution in [1.29, 1.82) is 5.26 Å². The van der Waals surface area contributed by atoms with Gasteiger partial charge in [-0.15, -0.1) is 0 Å². The summed E-state index contributed by atoms with van der Waals surface area (Å²) in [7, 11) is 0. The number of hydrogen-bond acceptors (Lipinski definition) is 3. The molecular formula is C9H8LiNO3. The van der Waals surface area contributed by atoms with Crippen LogP contribution in [0, 0.1) is 11.3 Å². The van der Waals surface area contributed by atoms with Crippen LogP contribution in [0.15, 0.2) is 24.3 Å². The van der Waals surface area contributed by atoms with Gasteiger partial charge in [0.2, 0.25) is 0 Å². The molecule has 0 heterocycles. The molecule has 4 nitrogen and oxygen atoms in total. The Balaban J connectivity index is 0. The smallest absolute Gasteiger partial charge is 0.870 e. The van der Waals surface area contributed by atoms with Gasteiger partial charge in [-0.25, -0.2) is 4.79 Å². The van der Waals surface area contributed by atoms with E-state index in [0.717, 1.165) is 5.56 Å². The van der Waals surface area contributed by atoms with Gasteiger partial charge in [0, 0.05) is 0 Å². The summed E-state index contributed by atoms with van der Waals surface area (Å²) in [5.41, 5.74) is 0.958. The molecule has 14 heavy (non-hydrogen) atoms. The van der Waals surface area contributed by atoms with Gasteiger partial charge in [0.25, 0.3) is 0 Å². The van der Waals surface area contributed by atoms with Crippen LogP contribution in [0.1, 0.15) is 15.9 Å². The number of carboxylic acids is 1. The molecule has 0 unspecified atom stereocenters. The van der Waals surface area contributed by atoms with Gasteiger partial charge in [0.05, 0.1) is 18.1 Å². The van der Waals surface area contributed by atoms with Crippen molar-refractivity contribution in [1.82, 2.24) is 0 Å². The second kappa shape index (κ2) is 7.17. The fourth-order valence-corrected chi connectivity index (χ4v) is 0.906. The first kappa shape index (κ1) is 15.2.